The van der Waals surface area contributed by atoms with Crippen molar-refractivity contribution in [1.29, 1.82) is 0 Å². The van der Waals surface area contributed by atoms with Gasteiger partial charge in [0.25, 0.3) is 10.0 Å². The Hall–Kier alpha value is -2.99. The Morgan fingerprint density at radius 1 is 0.885 bits per heavy atom. The second-order valence-corrected chi connectivity index (χ2v) is 7.37. The van der Waals surface area contributed by atoms with Crippen LogP contribution in [0.15, 0.2) is 88.9 Å². The molecule has 0 heterocycles. The summed E-state index contributed by atoms with van der Waals surface area (Å²) in [6.07, 6.45) is 0. The average molecular weight is 368 g/mol. The molecule has 0 aromatic heterocycles. The number of sulfonamides is 1. The molecule has 0 amide bonds. The molecule has 4 nitrogen and oxygen atoms in total. The van der Waals surface area contributed by atoms with Gasteiger partial charge in [0, 0.05) is 11.1 Å². The van der Waals surface area contributed by atoms with Gasteiger partial charge in [-0.3, -0.25) is 0 Å². The van der Waals surface area contributed by atoms with Crippen LogP contribution >= 0.6 is 0 Å². The van der Waals surface area contributed by atoms with Crippen molar-refractivity contribution in [3.05, 3.63) is 101 Å². The highest BCUT2D eigenvalue weighted by molar-refractivity contribution is 7.89. The van der Waals surface area contributed by atoms with E-state index in [2.05, 4.69) is 9.93 Å². The molecule has 0 saturated carbocycles. The molecular weight excluding hydrogens is 351 g/mol. The molecule has 3 rings (SSSR count). The number of aryl methyl sites for hydroxylation is 1. The smallest absolute Gasteiger partial charge is 0.206 e. The summed E-state index contributed by atoms with van der Waals surface area (Å²) in [6, 6.07) is 21.4. The molecule has 0 saturated heterocycles. The molecular formula is C20H17FN2O2S. The normalized spacial score (nSPS) is 12.0. The summed E-state index contributed by atoms with van der Waals surface area (Å²) in [5.74, 6) is -0.482. The lowest BCUT2D eigenvalue weighted by Crippen LogP contribution is -2.21. The van der Waals surface area contributed by atoms with E-state index in [-0.39, 0.29) is 16.2 Å². The summed E-state index contributed by atoms with van der Waals surface area (Å²) in [6.45, 7) is 1.87. The van der Waals surface area contributed by atoms with Gasteiger partial charge in [0.1, 0.15) is 11.5 Å². The van der Waals surface area contributed by atoms with Gasteiger partial charge in [0.15, 0.2) is 0 Å². The van der Waals surface area contributed by atoms with Crippen LogP contribution in [0.4, 0.5) is 4.39 Å². The number of halogens is 1. The lowest BCUT2D eigenvalue weighted by molar-refractivity contribution is 0.584. The second kappa shape index (κ2) is 7.49. The molecule has 3 aromatic carbocycles. The Morgan fingerprint density at radius 3 is 2.15 bits per heavy atom. The van der Waals surface area contributed by atoms with Crippen LogP contribution in [-0.4, -0.2) is 14.1 Å². The van der Waals surface area contributed by atoms with E-state index in [1.165, 1.54) is 18.2 Å². The molecule has 0 aliphatic heterocycles. The Labute approximate surface area is 152 Å². The monoisotopic (exact) mass is 368 g/mol. The van der Waals surface area contributed by atoms with Crippen molar-refractivity contribution in [3.8, 4) is 0 Å². The molecule has 0 fully saturated rings. The predicted octanol–water partition coefficient (Wildman–Crippen LogP) is 3.87. The van der Waals surface area contributed by atoms with Crippen LogP contribution < -0.4 is 4.83 Å². The van der Waals surface area contributed by atoms with Gasteiger partial charge >= 0.3 is 0 Å². The van der Waals surface area contributed by atoms with Crippen molar-refractivity contribution >= 4 is 15.7 Å². The van der Waals surface area contributed by atoms with Crippen LogP contribution in [0.5, 0.6) is 0 Å². The highest BCUT2D eigenvalue weighted by atomic mass is 32.2. The van der Waals surface area contributed by atoms with Crippen molar-refractivity contribution in [2.24, 2.45) is 5.10 Å². The molecule has 1 N–H and O–H groups in total. The van der Waals surface area contributed by atoms with Gasteiger partial charge in [0.05, 0.1) is 4.90 Å². The zero-order valence-electron chi connectivity index (χ0n) is 14.1. The topological polar surface area (TPSA) is 58.5 Å². The number of benzene rings is 3. The molecule has 0 aliphatic rings. The van der Waals surface area contributed by atoms with E-state index in [9.17, 15) is 12.8 Å². The third-order valence-corrected chi connectivity index (χ3v) is 5.01. The predicted molar refractivity (Wildman–Crippen MR) is 100.0 cm³/mol. The molecule has 0 unspecified atom stereocenters. The lowest BCUT2D eigenvalue weighted by Gasteiger charge is -2.10. The number of nitrogens with one attached hydrogen (secondary N) is 1. The van der Waals surface area contributed by atoms with Gasteiger partial charge in [0.2, 0.25) is 0 Å². The maximum atomic E-state index is 14.3. The van der Waals surface area contributed by atoms with E-state index >= 15 is 0 Å². The van der Waals surface area contributed by atoms with Gasteiger partial charge in [-0.05, 0) is 31.2 Å². The Balaban J connectivity index is 2.02. The summed E-state index contributed by atoms with van der Waals surface area (Å²) < 4.78 is 39.2. The van der Waals surface area contributed by atoms with Gasteiger partial charge in [-0.25, -0.2) is 4.39 Å². The number of nitrogens with zero attached hydrogens (tertiary/aromatic N) is 1. The number of rotatable bonds is 5. The highest BCUT2D eigenvalue weighted by Gasteiger charge is 2.16. The zero-order valence-corrected chi connectivity index (χ0v) is 14.9. The first-order chi connectivity index (χ1) is 12.5. The van der Waals surface area contributed by atoms with E-state index < -0.39 is 15.8 Å². The SMILES string of the molecule is Cc1ccc(S(=O)(=O)N/N=C(\c2ccccc2)c2ccccc2F)cc1. The summed E-state index contributed by atoms with van der Waals surface area (Å²) >= 11 is 0. The minimum absolute atomic E-state index is 0.0906. The van der Waals surface area contributed by atoms with Crippen LogP contribution in [0.25, 0.3) is 0 Å². The largest absolute Gasteiger partial charge is 0.276 e. The fourth-order valence-corrected chi connectivity index (χ4v) is 3.22. The van der Waals surface area contributed by atoms with E-state index in [1.807, 2.05) is 13.0 Å². The third kappa shape index (κ3) is 3.97. The van der Waals surface area contributed by atoms with Crippen LogP contribution in [0.1, 0.15) is 16.7 Å². The first kappa shape index (κ1) is 17.8. The molecule has 0 radical (unpaired) electrons. The fraction of sp³-hybridized carbons (Fsp3) is 0.0500. The molecule has 132 valence electrons. The summed E-state index contributed by atoms with van der Waals surface area (Å²) in [5.41, 5.74) is 1.97. The fourth-order valence-electron chi connectivity index (χ4n) is 2.41. The van der Waals surface area contributed by atoms with Gasteiger partial charge in [-0.1, -0.05) is 60.2 Å². The molecule has 0 atom stereocenters. The van der Waals surface area contributed by atoms with Gasteiger partial charge < -0.3 is 0 Å². The maximum absolute atomic E-state index is 14.3. The summed E-state index contributed by atoms with van der Waals surface area (Å²) in [5, 5.41) is 4.03. The standard InChI is InChI=1S/C20H17FN2O2S/c1-15-11-13-17(14-12-15)26(24,25)23-22-20(16-7-3-2-4-8-16)18-9-5-6-10-19(18)21/h2-14,23H,1H3/b22-20+. The second-order valence-electron chi connectivity index (χ2n) is 5.71. The molecule has 26 heavy (non-hydrogen) atoms. The minimum Gasteiger partial charge on any atom is -0.206 e. The van der Waals surface area contributed by atoms with E-state index in [4.69, 9.17) is 0 Å². The Bertz CT molecular complexity index is 1030. The first-order valence-electron chi connectivity index (χ1n) is 7.94. The Kier molecular flexibility index (Phi) is 5.14. The number of hydrazone groups is 1. The first-order valence-corrected chi connectivity index (χ1v) is 9.42. The van der Waals surface area contributed by atoms with Crippen molar-refractivity contribution in [1.82, 2.24) is 4.83 Å². The van der Waals surface area contributed by atoms with E-state index in [0.29, 0.717) is 5.56 Å². The molecule has 3 aromatic rings. The van der Waals surface area contributed by atoms with Crippen molar-refractivity contribution in [2.75, 3.05) is 0 Å². The van der Waals surface area contributed by atoms with Crippen molar-refractivity contribution < 1.29 is 12.8 Å². The minimum atomic E-state index is -3.86. The third-order valence-electron chi connectivity index (χ3n) is 3.79. The van der Waals surface area contributed by atoms with Crippen LogP contribution in [0.2, 0.25) is 0 Å². The van der Waals surface area contributed by atoms with E-state index in [0.717, 1.165) is 5.56 Å². The number of hydrogen-bond acceptors (Lipinski definition) is 3. The Morgan fingerprint density at radius 2 is 1.50 bits per heavy atom. The molecule has 0 bridgehead atoms. The number of hydrogen-bond donors (Lipinski definition) is 1. The van der Waals surface area contributed by atoms with Crippen molar-refractivity contribution in [2.45, 2.75) is 11.8 Å². The maximum Gasteiger partial charge on any atom is 0.276 e. The summed E-state index contributed by atoms with van der Waals surface area (Å²) in [7, 11) is -3.86. The van der Waals surface area contributed by atoms with Gasteiger partial charge in [-0.15, -0.1) is 0 Å². The van der Waals surface area contributed by atoms with Gasteiger partial charge in [-0.2, -0.15) is 18.4 Å². The lowest BCUT2D eigenvalue weighted by atomic mass is 10.0. The van der Waals surface area contributed by atoms with Crippen LogP contribution in [0, 0.1) is 12.7 Å². The van der Waals surface area contributed by atoms with Crippen LogP contribution in [-0.2, 0) is 10.0 Å². The highest BCUT2D eigenvalue weighted by Crippen LogP contribution is 2.15. The van der Waals surface area contributed by atoms with Crippen LogP contribution in [0.3, 0.4) is 0 Å². The zero-order chi connectivity index (χ0) is 18.6. The molecule has 0 aliphatic carbocycles. The summed E-state index contributed by atoms with van der Waals surface area (Å²) in [4.78, 5) is 2.30. The quantitative estimate of drug-likeness (QED) is 0.549. The molecule has 6 heteroatoms. The van der Waals surface area contributed by atoms with E-state index in [1.54, 1.807) is 54.6 Å². The molecule has 0 spiro atoms. The average Bonchev–Trinajstić information content (AvgIpc) is 2.64. The van der Waals surface area contributed by atoms with Crippen molar-refractivity contribution in [3.63, 3.8) is 0 Å².